The molecule has 0 saturated heterocycles. The molecule has 1 amide bonds. The van der Waals surface area contributed by atoms with Crippen molar-refractivity contribution >= 4 is 17.2 Å². The molecule has 0 spiro atoms. The van der Waals surface area contributed by atoms with Gasteiger partial charge >= 0.3 is 6.09 Å². The Kier molecular flexibility index (Phi) is 4.28. The number of pyridine rings is 1. The van der Waals surface area contributed by atoms with Crippen LogP contribution >= 0.6 is 0 Å². The first-order valence-corrected chi connectivity index (χ1v) is 8.24. The van der Waals surface area contributed by atoms with Crippen LogP contribution in [0.3, 0.4) is 0 Å². The lowest BCUT2D eigenvalue weighted by Gasteiger charge is -2.29. The second-order valence-electron chi connectivity index (χ2n) is 7.24. The zero-order valence-corrected chi connectivity index (χ0v) is 14.0. The molecule has 2 heterocycles. The van der Waals surface area contributed by atoms with Crippen LogP contribution in [0.2, 0.25) is 0 Å². The van der Waals surface area contributed by atoms with E-state index in [9.17, 15) is 4.79 Å². The lowest BCUT2D eigenvalue weighted by atomic mass is 9.82. The van der Waals surface area contributed by atoms with Gasteiger partial charge in [-0.05, 0) is 64.5 Å². The largest absolute Gasteiger partial charge is 0.462 e. The van der Waals surface area contributed by atoms with Crippen LogP contribution in [0.15, 0.2) is 29.0 Å². The minimum atomic E-state index is -0.456. The molecular formula is C18H24N2O3. The third kappa shape index (κ3) is 3.84. The number of hydrogen-bond acceptors (Lipinski definition) is 4. The van der Waals surface area contributed by atoms with E-state index in [2.05, 4.69) is 10.3 Å². The Labute approximate surface area is 136 Å². The van der Waals surface area contributed by atoms with Gasteiger partial charge in [0.2, 0.25) is 0 Å². The van der Waals surface area contributed by atoms with Crippen LogP contribution in [0.4, 0.5) is 4.79 Å². The molecule has 1 N–H and O–H groups in total. The molecule has 23 heavy (non-hydrogen) atoms. The summed E-state index contributed by atoms with van der Waals surface area (Å²) in [5.74, 6) is 0.447. The second kappa shape index (κ2) is 6.22. The van der Waals surface area contributed by atoms with E-state index in [1.54, 1.807) is 6.20 Å². The summed E-state index contributed by atoms with van der Waals surface area (Å²) in [6.45, 7) is 5.63. The highest BCUT2D eigenvalue weighted by Gasteiger charge is 2.27. The van der Waals surface area contributed by atoms with Gasteiger partial charge < -0.3 is 14.5 Å². The summed E-state index contributed by atoms with van der Waals surface area (Å²) in [7, 11) is 0. The smallest absolute Gasteiger partial charge is 0.407 e. The van der Waals surface area contributed by atoms with E-state index in [1.807, 2.05) is 39.2 Å². The van der Waals surface area contributed by atoms with Crippen LogP contribution in [0.25, 0.3) is 11.1 Å². The van der Waals surface area contributed by atoms with Gasteiger partial charge in [-0.25, -0.2) is 4.79 Å². The molecule has 0 aliphatic heterocycles. The Morgan fingerprint density at radius 3 is 2.74 bits per heavy atom. The number of fused-ring (bicyclic) bond motifs is 1. The predicted molar refractivity (Wildman–Crippen MR) is 88.4 cm³/mol. The van der Waals surface area contributed by atoms with Gasteiger partial charge in [-0.3, -0.25) is 4.98 Å². The summed E-state index contributed by atoms with van der Waals surface area (Å²) in [5.41, 5.74) is 2.55. The van der Waals surface area contributed by atoms with E-state index in [-0.39, 0.29) is 12.1 Å². The SMILES string of the molecule is CC(C)(C)OC(=O)NC1CCC(c2coc3cccnc23)CC1. The van der Waals surface area contributed by atoms with Crippen molar-refractivity contribution in [2.45, 2.75) is 64.0 Å². The third-order valence-electron chi connectivity index (χ3n) is 4.24. The average molecular weight is 316 g/mol. The van der Waals surface area contributed by atoms with Crippen LogP contribution in [0, 0.1) is 0 Å². The zero-order valence-electron chi connectivity index (χ0n) is 14.0. The molecule has 1 aliphatic carbocycles. The lowest BCUT2D eigenvalue weighted by Crippen LogP contribution is -2.40. The number of nitrogens with one attached hydrogen (secondary N) is 1. The molecule has 1 aliphatic rings. The van der Waals surface area contributed by atoms with E-state index in [1.165, 1.54) is 5.56 Å². The normalized spacial score (nSPS) is 22.0. The van der Waals surface area contributed by atoms with Crippen LogP contribution in [-0.4, -0.2) is 22.7 Å². The van der Waals surface area contributed by atoms with Crippen LogP contribution in [-0.2, 0) is 4.74 Å². The highest BCUT2D eigenvalue weighted by Crippen LogP contribution is 2.36. The van der Waals surface area contributed by atoms with Crippen molar-refractivity contribution in [1.82, 2.24) is 10.3 Å². The molecule has 3 rings (SSSR count). The molecule has 1 saturated carbocycles. The Morgan fingerprint density at radius 2 is 2.04 bits per heavy atom. The maximum Gasteiger partial charge on any atom is 0.407 e. The molecule has 2 aromatic heterocycles. The fraction of sp³-hybridized carbons (Fsp3) is 0.556. The molecule has 1 fully saturated rings. The molecule has 5 heteroatoms. The van der Waals surface area contributed by atoms with Gasteiger partial charge in [-0.1, -0.05) is 0 Å². The van der Waals surface area contributed by atoms with E-state index in [0.29, 0.717) is 5.92 Å². The average Bonchev–Trinajstić information content (AvgIpc) is 2.90. The van der Waals surface area contributed by atoms with Crippen LogP contribution in [0.1, 0.15) is 57.9 Å². The molecule has 2 aromatic rings. The third-order valence-corrected chi connectivity index (χ3v) is 4.24. The van der Waals surface area contributed by atoms with Crippen molar-refractivity contribution in [2.24, 2.45) is 0 Å². The van der Waals surface area contributed by atoms with Crippen molar-refractivity contribution in [1.29, 1.82) is 0 Å². The quantitative estimate of drug-likeness (QED) is 0.893. The minimum Gasteiger partial charge on any atom is -0.462 e. The van der Waals surface area contributed by atoms with Crippen molar-refractivity contribution in [3.05, 3.63) is 30.2 Å². The lowest BCUT2D eigenvalue weighted by molar-refractivity contribution is 0.0491. The van der Waals surface area contributed by atoms with E-state index in [4.69, 9.17) is 9.15 Å². The number of aromatic nitrogens is 1. The second-order valence-corrected chi connectivity index (χ2v) is 7.24. The standard InChI is InChI=1S/C18H24N2O3/c1-18(2,3)23-17(21)20-13-8-6-12(7-9-13)14-11-22-15-5-4-10-19-16(14)15/h4-5,10-13H,6-9H2,1-3H3,(H,20,21). The fourth-order valence-corrected chi connectivity index (χ4v) is 3.20. The summed E-state index contributed by atoms with van der Waals surface area (Å²) in [4.78, 5) is 16.3. The Bertz CT molecular complexity index is 679. The van der Waals surface area contributed by atoms with Crippen LogP contribution < -0.4 is 5.32 Å². The van der Waals surface area contributed by atoms with Gasteiger partial charge in [-0.15, -0.1) is 0 Å². The summed E-state index contributed by atoms with van der Waals surface area (Å²) >= 11 is 0. The Hall–Kier alpha value is -2.04. The maximum absolute atomic E-state index is 11.9. The number of hydrogen-bond donors (Lipinski definition) is 1. The number of ether oxygens (including phenoxy) is 1. The van der Waals surface area contributed by atoms with Crippen molar-refractivity contribution < 1.29 is 13.9 Å². The Balaban J connectivity index is 1.57. The first kappa shape index (κ1) is 15.8. The van der Waals surface area contributed by atoms with E-state index in [0.717, 1.165) is 36.8 Å². The monoisotopic (exact) mass is 316 g/mol. The van der Waals surface area contributed by atoms with Crippen molar-refractivity contribution in [3.8, 4) is 0 Å². The van der Waals surface area contributed by atoms with Gasteiger partial charge in [-0.2, -0.15) is 0 Å². The summed E-state index contributed by atoms with van der Waals surface area (Å²) in [6, 6.07) is 4.02. The Morgan fingerprint density at radius 1 is 1.30 bits per heavy atom. The zero-order chi connectivity index (χ0) is 16.4. The summed E-state index contributed by atoms with van der Waals surface area (Å²) in [5, 5.41) is 2.98. The summed E-state index contributed by atoms with van der Waals surface area (Å²) in [6.07, 6.45) is 7.25. The predicted octanol–water partition coefficient (Wildman–Crippen LogP) is 4.38. The number of amides is 1. The maximum atomic E-state index is 11.9. The molecule has 0 radical (unpaired) electrons. The van der Waals surface area contributed by atoms with Crippen LogP contribution in [0.5, 0.6) is 0 Å². The molecule has 124 valence electrons. The number of carbonyl (C=O) groups excluding carboxylic acids is 1. The van der Waals surface area contributed by atoms with Gasteiger partial charge in [0.25, 0.3) is 0 Å². The number of carbonyl (C=O) groups is 1. The first-order valence-electron chi connectivity index (χ1n) is 8.24. The molecular weight excluding hydrogens is 292 g/mol. The highest BCUT2D eigenvalue weighted by molar-refractivity contribution is 5.76. The van der Waals surface area contributed by atoms with Crippen molar-refractivity contribution in [2.75, 3.05) is 0 Å². The fourth-order valence-electron chi connectivity index (χ4n) is 3.20. The van der Waals surface area contributed by atoms with Gasteiger partial charge in [0.1, 0.15) is 11.1 Å². The summed E-state index contributed by atoms with van der Waals surface area (Å²) < 4.78 is 10.9. The number of nitrogens with zero attached hydrogens (tertiary/aromatic N) is 1. The van der Waals surface area contributed by atoms with E-state index >= 15 is 0 Å². The number of rotatable bonds is 2. The van der Waals surface area contributed by atoms with Gasteiger partial charge in [0, 0.05) is 17.8 Å². The topological polar surface area (TPSA) is 64.4 Å². The van der Waals surface area contributed by atoms with Gasteiger partial charge in [0.15, 0.2) is 5.58 Å². The van der Waals surface area contributed by atoms with Gasteiger partial charge in [0.05, 0.1) is 6.26 Å². The number of alkyl carbamates (subject to hydrolysis) is 1. The number of furan rings is 1. The molecule has 5 nitrogen and oxygen atoms in total. The molecule has 0 unspecified atom stereocenters. The molecule has 0 bridgehead atoms. The molecule has 0 aromatic carbocycles. The highest BCUT2D eigenvalue weighted by atomic mass is 16.6. The van der Waals surface area contributed by atoms with Crippen molar-refractivity contribution in [3.63, 3.8) is 0 Å². The minimum absolute atomic E-state index is 0.187. The first-order chi connectivity index (χ1) is 10.9. The molecule has 0 atom stereocenters. The van der Waals surface area contributed by atoms with E-state index < -0.39 is 5.60 Å².